The number of nitrogens with one attached hydrogen (secondary N) is 1. The number of methoxy groups -OCH3 is 2. The van der Waals surface area contributed by atoms with Crippen LogP contribution in [-0.4, -0.2) is 68.8 Å². The molecule has 8 nitrogen and oxygen atoms in total. The predicted octanol–water partition coefficient (Wildman–Crippen LogP) is 1.31. The van der Waals surface area contributed by atoms with E-state index < -0.39 is 11.9 Å². The molecule has 1 aliphatic rings. The Morgan fingerprint density at radius 3 is 2.31 bits per heavy atom. The van der Waals surface area contributed by atoms with Crippen molar-refractivity contribution in [3.63, 3.8) is 0 Å². The summed E-state index contributed by atoms with van der Waals surface area (Å²) >= 11 is 0. The highest BCUT2D eigenvalue weighted by atomic mass is 16.5. The Hall–Kier alpha value is -2.45. The highest BCUT2D eigenvalue weighted by Crippen LogP contribution is 2.20. The molecule has 2 rings (SSSR count). The summed E-state index contributed by atoms with van der Waals surface area (Å²) in [6.45, 7) is 5.35. The summed E-state index contributed by atoms with van der Waals surface area (Å²) in [7, 11) is 2.51. The molecule has 1 amide bonds. The molecule has 142 valence electrons. The molecule has 1 heterocycles. The van der Waals surface area contributed by atoms with Crippen molar-refractivity contribution < 1.29 is 28.6 Å². The highest BCUT2D eigenvalue weighted by Gasteiger charge is 2.24. The zero-order valence-corrected chi connectivity index (χ0v) is 15.4. The Bertz CT molecular complexity index is 680. The molecule has 1 aromatic rings. The van der Waals surface area contributed by atoms with Crippen LogP contribution in [0, 0.1) is 0 Å². The number of amides is 1. The average Bonchev–Trinajstić information content (AvgIpc) is 2.59. The van der Waals surface area contributed by atoms with Gasteiger partial charge in [-0.25, -0.2) is 9.59 Å². The first-order valence-electron chi connectivity index (χ1n) is 8.32. The predicted molar refractivity (Wildman–Crippen MR) is 94.2 cm³/mol. The maximum absolute atomic E-state index is 12.4. The van der Waals surface area contributed by atoms with Crippen LogP contribution in [0.2, 0.25) is 0 Å². The fourth-order valence-corrected chi connectivity index (χ4v) is 2.99. The first kappa shape index (κ1) is 19.9. The van der Waals surface area contributed by atoms with Crippen LogP contribution in [0.15, 0.2) is 18.2 Å². The number of rotatable bonds is 5. The van der Waals surface area contributed by atoms with Crippen molar-refractivity contribution in [1.29, 1.82) is 0 Å². The Balaban J connectivity index is 2.16. The first-order chi connectivity index (χ1) is 12.3. The van der Waals surface area contributed by atoms with Crippen LogP contribution < -0.4 is 5.32 Å². The second kappa shape index (κ2) is 8.77. The lowest BCUT2D eigenvalue weighted by Gasteiger charge is -2.34. The third kappa shape index (κ3) is 5.03. The highest BCUT2D eigenvalue weighted by molar-refractivity contribution is 6.03. The number of anilines is 1. The van der Waals surface area contributed by atoms with E-state index in [0.717, 1.165) is 0 Å². The van der Waals surface area contributed by atoms with Gasteiger partial charge in [0.1, 0.15) is 0 Å². The summed E-state index contributed by atoms with van der Waals surface area (Å²) in [5.41, 5.74) is 0.598. The first-order valence-corrected chi connectivity index (χ1v) is 8.32. The van der Waals surface area contributed by atoms with Gasteiger partial charge in [-0.05, 0) is 32.0 Å². The molecular weight excluding hydrogens is 340 g/mol. The summed E-state index contributed by atoms with van der Waals surface area (Å²) in [6.07, 6.45) is 0.0830. The van der Waals surface area contributed by atoms with E-state index in [9.17, 15) is 14.4 Å². The number of esters is 2. The molecule has 1 aliphatic heterocycles. The van der Waals surface area contributed by atoms with Crippen LogP contribution in [0.5, 0.6) is 0 Å². The third-order valence-electron chi connectivity index (χ3n) is 3.98. The number of benzene rings is 1. The molecule has 0 aliphatic carbocycles. The molecule has 0 saturated carbocycles. The zero-order chi connectivity index (χ0) is 19.3. The SMILES string of the molecule is COC(=O)c1ccc(C(=O)OC)c(NC(=O)CN2C[C@H](C)O[C@@H](C)C2)c1. The smallest absolute Gasteiger partial charge is 0.339 e. The van der Waals surface area contributed by atoms with E-state index in [2.05, 4.69) is 10.1 Å². The van der Waals surface area contributed by atoms with E-state index in [-0.39, 0.29) is 41.5 Å². The summed E-state index contributed by atoms with van der Waals surface area (Å²) in [4.78, 5) is 38.1. The van der Waals surface area contributed by atoms with E-state index in [0.29, 0.717) is 13.1 Å². The van der Waals surface area contributed by atoms with Gasteiger partial charge in [-0.1, -0.05) is 0 Å². The van der Waals surface area contributed by atoms with E-state index >= 15 is 0 Å². The molecule has 8 heteroatoms. The molecule has 26 heavy (non-hydrogen) atoms. The van der Waals surface area contributed by atoms with Gasteiger partial charge < -0.3 is 19.5 Å². The van der Waals surface area contributed by atoms with Crippen molar-refractivity contribution in [1.82, 2.24) is 4.90 Å². The molecule has 2 atom stereocenters. The number of carbonyl (C=O) groups is 3. The quantitative estimate of drug-likeness (QED) is 0.787. The van der Waals surface area contributed by atoms with Crippen LogP contribution in [0.25, 0.3) is 0 Å². The van der Waals surface area contributed by atoms with Crippen molar-refractivity contribution in [2.75, 3.05) is 39.2 Å². The van der Waals surface area contributed by atoms with Crippen LogP contribution in [0.3, 0.4) is 0 Å². The van der Waals surface area contributed by atoms with Gasteiger partial charge >= 0.3 is 11.9 Å². The molecule has 0 spiro atoms. The maximum atomic E-state index is 12.4. The van der Waals surface area contributed by atoms with E-state index in [4.69, 9.17) is 9.47 Å². The number of nitrogens with zero attached hydrogens (tertiary/aromatic N) is 1. The lowest BCUT2D eigenvalue weighted by atomic mass is 10.1. The van der Waals surface area contributed by atoms with E-state index in [1.54, 1.807) is 0 Å². The van der Waals surface area contributed by atoms with Gasteiger partial charge in [0.25, 0.3) is 0 Å². The Morgan fingerprint density at radius 2 is 1.73 bits per heavy atom. The number of morpholine rings is 1. The summed E-state index contributed by atoms with van der Waals surface area (Å²) in [6, 6.07) is 4.27. The van der Waals surface area contributed by atoms with Crippen molar-refractivity contribution in [2.24, 2.45) is 0 Å². The largest absolute Gasteiger partial charge is 0.465 e. The normalized spacial score (nSPS) is 20.3. The van der Waals surface area contributed by atoms with Crippen LogP contribution in [0.4, 0.5) is 5.69 Å². The van der Waals surface area contributed by atoms with Gasteiger partial charge in [0, 0.05) is 13.1 Å². The van der Waals surface area contributed by atoms with Crippen molar-refractivity contribution in [3.05, 3.63) is 29.3 Å². The molecule has 0 bridgehead atoms. The van der Waals surface area contributed by atoms with Crippen LogP contribution in [0.1, 0.15) is 34.6 Å². The second-order valence-corrected chi connectivity index (χ2v) is 6.24. The van der Waals surface area contributed by atoms with Crippen molar-refractivity contribution >= 4 is 23.5 Å². The minimum atomic E-state index is -0.606. The van der Waals surface area contributed by atoms with Gasteiger partial charge in [-0.2, -0.15) is 0 Å². The standard InChI is InChI=1S/C18H24N2O6/c1-11-8-20(9-12(2)26-11)10-16(21)19-15-7-13(17(22)24-3)5-6-14(15)18(23)25-4/h5-7,11-12H,8-10H2,1-4H3,(H,19,21)/t11-,12-/m0/s1. The van der Waals surface area contributed by atoms with Gasteiger partial charge in [-0.15, -0.1) is 0 Å². The fourth-order valence-electron chi connectivity index (χ4n) is 2.99. The monoisotopic (exact) mass is 364 g/mol. The minimum Gasteiger partial charge on any atom is -0.465 e. The fraction of sp³-hybridized carbons (Fsp3) is 0.500. The van der Waals surface area contributed by atoms with Crippen molar-refractivity contribution in [2.45, 2.75) is 26.1 Å². The van der Waals surface area contributed by atoms with Crippen molar-refractivity contribution in [3.8, 4) is 0 Å². The number of hydrogen-bond acceptors (Lipinski definition) is 7. The molecule has 1 aromatic carbocycles. The average molecular weight is 364 g/mol. The molecular formula is C18H24N2O6. The lowest BCUT2D eigenvalue weighted by Crippen LogP contribution is -2.48. The van der Waals surface area contributed by atoms with E-state index in [1.807, 2.05) is 18.7 Å². The van der Waals surface area contributed by atoms with Gasteiger partial charge in [-0.3, -0.25) is 9.69 Å². The summed E-state index contributed by atoms with van der Waals surface area (Å²) < 4.78 is 15.1. The van der Waals surface area contributed by atoms with Gasteiger partial charge in [0.05, 0.1) is 49.8 Å². The summed E-state index contributed by atoms with van der Waals surface area (Å²) in [5, 5.41) is 2.69. The third-order valence-corrected chi connectivity index (χ3v) is 3.98. The van der Waals surface area contributed by atoms with Crippen LogP contribution >= 0.6 is 0 Å². The Morgan fingerprint density at radius 1 is 1.12 bits per heavy atom. The maximum Gasteiger partial charge on any atom is 0.339 e. The van der Waals surface area contributed by atoms with E-state index in [1.165, 1.54) is 32.4 Å². The minimum absolute atomic E-state index is 0.0415. The van der Waals surface area contributed by atoms with Gasteiger partial charge in [0.2, 0.25) is 5.91 Å². The lowest BCUT2D eigenvalue weighted by molar-refractivity contribution is -0.121. The summed E-state index contributed by atoms with van der Waals surface area (Å²) in [5.74, 6) is -1.46. The Kier molecular flexibility index (Phi) is 6.70. The second-order valence-electron chi connectivity index (χ2n) is 6.24. The molecule has 1 N–H and O–H groups in total. The molecule has 0 radical (unpaired) electrons. The van der Waals surface area contributed by atoms with Gasteiger partial charge in [0.15, 0.2) is 0 Å². The number of hydrogen-bond donors (Lipinski definition) is 1. The topological polar surface area (TPSA) is 94.2 Å². The zero-order valence-electron chi connectivity index (χ0n) is 15.4. The molecule has 1 saturated heterocycles. The number of carbonyl (C=O) groups excluding carboxylic acids is 3. The molecule has 1 fully saturated rings. The van der Waals surface area contributed by atoms with Crippen LogP contribution in [-0.2, 0) is 19.0 Å². The molecule has 0 aromatic heterocycles. The Labute approximate surface area is 152 Å². The number of ether oxygens (including phenoxy) is 3. The molecule has 0 unspecified atom stereocenters.